The molecule has 1 aromatic rings. The average Bonchev–Trinajstić information content (AvgIpc) is 2.27. The first-order chi connectivity index (χ1) is 8.75. The van der Waals surface area contributed by atoms with Gasteiger partial charge in [-0.3, -0.25) is 4.98 Å². The van der Waals surface area contributed by atoms with Gasteiger partial charge in [0.15, 0.2) is 0 Å². The summed E-state index contributed by atoms with van der Waals surface area (Å²) in [5.74, 6) is 0.177. The Hall–Kier alpha value is -0.970. The lowest BCUT2D eigenvalue weighted by atomic mass is 9.87. The second-order valence-electron chi connectivity index (χ2n) is 4.72. The normalized spacial score (nSPS) is 24.6. The van der Waals surface area contributed by atoms with Gasteiger partial charge < -0.3 is 10.1 Å². The summed E-state index contributed by atoms with van der Waals surface area (Å²) >= 11 is 6.05. The fourth-order valence-electron chi connectivity index (χ4n) is 2.47. The van der Waals surface area contributed by atoms with E-state index in [1.54, 1.807) is 0 Å². The Labute approximate surface area is 110 Å². The molecular weight excluding hydrogens is 255 g/mol. The third kappa shape index (κ3) is 2.16. The Bertz CT molecular complexity index is 468. The fraction of sp³-hybridized carbons (Fsp3) is 0.462. The van der Waals surface area contributed by atoms with Gasteiger partial charge in [-0.05, 0) is 12.0 Å². The zero-order valence-corrected chi connectivity index (χ0v) is 10.6. The lowest BCUT2D eigenvalue weighted by Crippen LogP contribution is -2.47. The fourth-order valence-corrected chi connectivity index (χ4v) is 2.74. The van der Waals surface area contributed by atoms with E-state index in [-0.39, 0.29) is 5.82 Å². The Morgan fingerprint density at radius 2 is 2.22 bits per heavy atom. The molecule has 2 aliphatic rings. The third-order valence-corrected chi connectivity index (χ3v) is 3.86. The maximum absolute atomic E-state index is 13.8. The summed E-state index contributed by atoms with van der Waals surface area (Å²) in [6, 6.07) is 0.349. The molecule has 0 amide bonds. The lowest BCUT2D eigenvalue weighted by Gasteiger charge is -2.36. The first-order valence-corrected chi connectivity index (χ1v) is 6.43. The molecule has 1 unspecified atom stereocenters. The van der Waals surface area contributed by atoms with Crippen molar-refractivity contribution in [3.8, 4) is 0 Å². The number of nitrogens with zero attached hydrogens (tertiary/aromatic N) is 1. The van der Waals surface area contributed by atoms with Gasteiger partial charge in [0.05, 0.1) is 24.4 Å². The van der Waals surface area contributed by atoms with Crippen LogP contribution in [-0.4, -0.2) is 30.8 Å². The molecule has 1 aromatic heterocycles. The molecule has 0 aromatic carbocycles. The topological polar surface area (TPSA) is 34.2 Å². The van der Waals surface area contributed by atoms with E-state index >= 15 is 0 Å². The van der Waals surface area contributed by atoms with Gasteiger partial charge in [-0.15, -0.1) is 0 Å². The van der Waals surface area contributed by atoms with Crippen molar-refractivity contribution in [1.82, 2.24) is 10.3 Å². The summed E-state index contributed by atoms with van der Waals surface area (Å²) in [7, 11) is 0. The summed E-state index contributed by atoms with van der Waals surface area (Å²) in [6.45, 7) is 2.32. The Balaban J connectivity index is 1.85. The van der Waals surface area contributed by atoms with Crippen molar-refractivity contribution in [2.45, 2.75) is 12.5 Å². The van der Waals surface area contributed by atoms with Crippen LogP contribution < -0.4 is 5.32 Å². The van der Waals surface area contributed by atoms with Crippen LogP contribution >= 0.6 is 11.6 Å². The molecule has 2 aliphatic heterocycles. The molecule has 3 nitrogen and oxygen atoms in total. The molecule has 0 spiro atoms. The zero-order chi connectivity index (χ0) is 12.5. The number of pyridine rings is 1. The SMILES string of the molecule is Fc1cncc(Cl)c1C1=CCNC(C2COC2)C1. The van der Waals surface area contributed by atoms with Crippen LogP contribution in [0.1, 0.15) is 12.0 Å². The van der Waals surface area contributed by atoms with Gasteiger partial charge in [0.1, 0.15) is 5.82 Å². The van der Waals surface area contributed by atoms with E-state index in [1.165, 1.54) is 12.4 Å². The van der Waals surface area contributed by atoms with E-state index in [1.807, 2.05) is 6.08 Å². The molecule has 3 rings (SSSR count). The van der Waals surface area contributed by atoms with Crippen molar-refractivity contribution in [2.24, 2.45) is 5.92 Å². The Morgan fingerprint density at radius 1 is 1.39 bits per heavy atom. The minimum absolute atomic E-state index is 0.348. The molecule has 1 N–H and O–H groups in total. The average molecular weight is 269 g/mol. The monoisotopic (exact) mass is 268 g/mol. The first kappa shape index (κ1) is 12.1. The maximum atomic E-state index is 13.8. The second kappa shape index (κ2) is 4.96. The van der Waals surface area contributed by atoms with Gasteiger partial charge in [0.25, 0.3) is 0 Å². The van der Waals surface area contributed by atoms with Gasteiger partial charge in [-0.25, -0.2) is 4.39 Å². The summed E-state index contributed by atoms with van der Waals surface area (Å²) in [5.41, 5.74) is 1.47. The van der Waals surface area contributed by atoms with Crippen LogP contribution in [0.15, 0.2) is 18.5 Å². The Morgan fingerprint density at radius 3 is 2.89 bits per heavy atom. The van der Waals surface area contributed by atoms with Crippen LogP contribution in [0.4, 0.5) is 4.39 Å². The molecule has 0 radical (unpaired) electrons. The smallest absolute Gasteiger partial charge is 0.150 e. The summed E-state index contributed by atoms with van der Waals surface area (Å²) in [6.07, 6.45) is 5.49. The first-order valence-electron chi connectivity index (χ1n) is 6.05. The standard InChI is InChI=1S/C13H14ClFN2O/c14-10-4-16-5-11(15)13(10)8-1-2-17-12(3-8)9-6-18-7-9/h1,4-5,9,12,17H,2-3,6-7H2. The summed E-state index contributed by atoms with van der Waals surface area (Å²) < 4.78 is 19.0. The van der Waals surface area contributed by atoms with Crippen LogP contribution in [0.25, 0.3) is 5.57 Å². The van der Waals surface area contributed by atoms with Gasteiger partial charge in [-0.1, -0.05) is 17.7 Å². The molecule has 3 heterocycles. The maximum Gasteiger partial charge on any atom is 0.150 e. The van der Waals surface area contributed by atoms with E-state index in [0.717, 1.165) is 31.8 Å². The number of ether oxygens (including phenoxy) is 1. The number of aromatic nitrogens is 1. The zero-order valence-electron chi connectivity index (χ0n) is 9.83. The van der Waals surface area contributed by atoms with Crippen LogP contribution in [0.2, 0.25) is 5.02 Å². The van der Waals surface area contributed by atoms with Crippen molar-refractivity contribution in [2.75, 3.05) is 19.8 Å². The molecule has 0 saturated carbocycles. The third-order valence-electron chi connectivity index (χ3n) is 3.58. The van der Waals surface area contributed by atoms with Crippen molar-refractivity contribution >= 4 is 17.2 Å². The van der Waals surface area contributed by atoms with Crippen LogP contribution in [0.5, 0.6) is 0 Å². The largest absolute Gasteiger partial charge is 0.381 e. The van der Waals surface area contributed by atoms with Gasteiger partial charge >= 0.3 is 0 Å². The predicted octanol–water partition coefficient (Wildman–Crippen LogP) is 2.27. The molecule has 96 valence electrons. The van der Waals surface area contributed by atoms with Gasteiger partial charge in [0.2, 0.25) is 0 Å². The molecular formula is C13H14ClFN2O. The second-order valence-corrected chi connectivity index (χ2v) is 5.13. The molecule has 5 heteroatoms. The van der Waals surface area contributed by atoms with Crippen LogP contribution in [-0.2, 0) is 4.74 Å². The van der Waals surface area contributed by atoms with Gasteiger partial charge in [-0.2, -0.15) is 0 Å². The summed E-state index contributed by atoms with van der Waals surface area (Å²) in [5, 5.41) is 3.80. The van der Waals surface area contributed by atoms with E-state index in [9.17, 15) is 4.39 Å². The molecule has 1 fully saturated rings. The molecule has 1 saturated heterocycles. The van der Waals surface area contributed by atoms with Crippen molar-refractivity contribution in [3.05, 3.63) is 34.9 Å². The molecule has 0 aliphatic carbocycles. The number of halogens is 2. The van der Waals surface area contributed by atoms with Crippen LogP contribution in [0.3, 0.4) is 0 Å². The van der Waals surface area contributed by atoms with E-state index in [2.05, 4.69) is 10.3 Å². The highest BCUT2D eigenvalue weighted by molar-refractivity contribution is 6.32. The van der Waals surface area contributed by atoms with Crippen LogP contribution in [0, 0.1) is 11.7 Å². The number of rotatable bonds is 2. The quantitative estimate of drug-likeness (QED) is 0.893. The lowest BCUT2D eigenvalue weighted by molar-refractivity contribution is -0.0486. The molecule has 1 atom stereocenters. The van der Waals surface area contributed by atoms with E-state index < -0.39 is 0 Å². The van der Waals surface area contributed by atoms with E-state index in [4.69, 9.17) is 16.3 Å². The molecule has 0 bridgehead atoms. The number of hydrogen-bond donors (Lipinski definition) is 1. The highest BCUT2D eigenvalue weighted by atomic mass is 35.5. The van der Waals surface area contributed by atoms with E-state index in [0.29, 0.717) is 22.5 Å². The Kier molecular flexibility index (Phi) is 3.33. The minimum Gasteiger partial charge on any atom is -0.381 e. The van der Waals surface area contributed by atoms with Crippen molar-refractivity contribution in [3.63, 3.8) is 0 Å². The molecule has 18 heavy (non-hydrogen) atoms. The minimum atomic E-state index is -0.348. The van der Waals surface area contributed by atoms with Crippen molar-refractivity contribution in [1.29, 1.82) is 0 Å². The summed E-state index contributed by atoms with van der Waals surface area (Å²) in [4.78, 5) is 3.75. The highest BCUT2D eigenvalue weighted by Crippen LogP contribution is 2.33. The number of hydrogen-bond acceptors (Lipinski definition) is 3. The van der Waals surface area contributed by atoms with Gasteiger partial charge in [0, 0.05) is 30.3 Å². The number of nitrogens with one attached hydrogen (secondary N) is 1. The highest BCUT2D eigenvalue weighted by Gasteiger charge is 2.31. The predicted molar refractivity (Wildman–Crippen MR) is 67.9 cm³/mol. The van der Waals surface area contributed by atoms with Crippen molar-refractivity contribution < 1.29 is 9.13 Å².